The van der Waals surface area contributed by atoms with E-state index in [0.717, 1.165) is 29.9 Å². The van der Waals surface area contributed by atoms with Crippen LogP contribution in [0, 0.1) is 5.92 Å². The summed E-state index contributed by atoms with van der Waals surface area (Å²) in [6.07, 6.45) is 5.21. The van der Waals surface area contributed by atoms with Gasteiger partial charge in [0.05, 0.1) is 6.61 Å². The zero-order chi connectivity index (χ0) is 11.4. The van der Waals surface area contributed by atoms with Crippen LogP contribution in [-0.4, -0.2) is 17.7 Å². The Morgan fingerprint density at radius 3 is 3.00 bits per heavy atom. The molecule has 16 heavy (non-hydrogen) atoms. The Hall–Kier alpha value is -1.77. The quantitative estimate of drug-likeness (QED) is 0.772. The van der Waals surface area contributed by atoms with Crippen molar-refractivity contribution in [1.29, 1.82) is 0 Å². The maximum Gasteiger partial charge on any atom is 0.328 e. The van der Waals surface area contributed by atoms with Crippen LogP contribution in [0.15, 0.2) is 30.3 Å². The average molecular weight is 218 g/mol. The molecule has 1 aromatic rings. The third-order valence-corrected chi connectivity index (χ3v) is 2.46. The van der Waals surface area contributed by atoms with Gasteiger partial charge in [-0.2, -0.15) is 0 Å². The summed E-state index contributed by atoms with van der Waals surface area (Å²) in [5.41, 5.74) is 0.843. The lowest BCUT2D eigenvalue weighted by molar-refractivity contribution is -0.131. The van der Waals surface area contributed by atoms with E-state index >= 15 is 0 Å². The first kappa shape index (κ1) is 10.7. The molecule has 0 saturated heterocycles. The summed E-state index contributed by atoms with van der Waals surface area (Å²) < 4.78 is 5.60. The normalized spacial score (nSPS) is 15.2. The van der Waals surface area contributed by atoms with Gasteiger partial charge in [0.1, 0.15) is 5.75 Å². The molecule has 1 saturated carbocycles. The molecule has 1 N–H and O–H groups in total. The van der Waals surface area contributed by atoms with Crippen molar-refractivity contribution in [2.45, 2.75) is 12.8 Å². The van der Waals surface area contributed by atoms with Gasteiger partial charge in [0.2, 0.25) is 0 Å². The third kappa shape index (κ3) is 3.42. The van der Waals surface area contributed by atoms with Crippen molar-refractivity contribution in [3.63, 3.8) is 0 Å². The van der Waals surface area contributed by atoms with E-state index in [2.05, 4.69) is 0 Å². The maximum atomic E-state index is 10.4. The molecule has 0 spiro atoms. The van der Waals surface area contributed by atoms with Gasteiger partial charge >= 0.3 is 5.97 Å². The van der Waals surface area contributed by atoms with Crippen LogP contribution in [-0.2, 0) is 4.79 Å². The van der Waals surface area contributed by atoms with E-state index in [9.17, 15) is 4.79 Å². The molecule has 84 valence electrons. The van der Waals surface area contributed by atoms with E-state index in [1.54, 1.807) is 6.08 Å². The van der Waals surface area contributed by atoms with Crippen molar-refractivity contribution in [3.8, 4) is 5.75 Å². The molecule has 0 heterocycles. The molecule has 0 atom stereocenters. The van der Waals surface area contributed by atoms with Gasteiger partial charge in [-0.15, -0.1) is 0 Å². The van der Waals surface area contributed by atoms with Gasteiger partial charge in [-0.1, -0.05) is 12.1 Å². The molecule has 3 nitrogen and oxygen atoms in total. The zero-order valence-electron chi connectivity index (χ0n) is 8.93. The molecule has 1 fully saturated rings. The number of aliphatic carboxylic acids is 1. The Kier molecular flexibility index (Phi) is 3.25. The highest BCUT2D eigenvalue weighted by molar-refractivity contribution is 5.85. The highest BCUT2D eigenvalue weighted by atomic mass is 16.5. The standard InChI is InChI=1S/C13H14O3/c14-13(15)7-6-10-2-1-3-12(8-10)16-9-11-4-5-11/h1-3,6-8,11H,4-5,9H2,(H,14,15)/b7-6+. The molecule has 0 aromatic heterocycles. The van der Waals surface area contributed by atoms with E-state index in [4.69, 9.17) is 9.84 Å². The average Bonchev–Trinajstić information content (AvgIpc) is 3.08. The molecule has 0 bridgehead atoms. The monoisotopic (exact) mass is 218 g/mol. The Labute approximate surface area is 94.4 Å². The topological polar surface area (TPSA) is 46.5 Å². The predicted molar refractivity (Wildman–Crippen MR) is 61.3 cm³/mol. The summed E-state index contributed by atoms with van der Waals surface area (Å²) in [4.78, 5) is 10.4. The Balaban J connectivity index is 1.97. The molecule has 3 heteroatoms. The second kappa shape index (κ2) is 4.84. The first-order valence-corrected chi connectivity index (χ1v) is 5.38. The van der Waals surface area contributed by atoms with Crippen molar-refractivity contribution >= 4 is 12.0 Å². The molecular formula is C13H14O3. The summed E-state index contributed by atoms with van der Waals surface area (Å²) in [6.45, 7) is 0.770. The second-order valence-electron chi connectivity index (χ2n) is 4.00. The van der Waals surface area contributed by atoms with E-state index in [0.29, 0.717) is 0 Å². The molecular weight excluding hydrogens is 204 g/mol. The van der Waals surface area contributed by atoms with Gasteiger partial charge in [0.25, 0.3) is 0 Å². The van der Waals surface area contributed by atoms with Crippen molar-refractivity contribution in [2.75, 3.05) is 6.61 Å². The van der Waals surface area contributed by atoms with Crippen LogP contribution >= 0.6 is 0 Å². The van der Waals surface area contributed by atoms with Gasteiger partial charge in [-0.05, 0) is 42.5 Å². The number of rotatable bonds is 5. The number of hydrogen-bond donors (Lipinski definition) is 1. The van der Waals surface area contributed by atoms with E-state index in [-0.39, 0.29) is 0 Å². The minimum absolute atomic E-state index is 0.721. The molecule has 1 aliphatic rings. The van der Waals surface area contributed by atoms with E-state index < -0.39 is 5.97 Å². The molecule has 0 unspecified atom stereocenters. The van der Waals surface area contributed by atoms with Crippen molar-refractivity contribution in [1.82, 2.24) is 0 Å². The fourth-order valence-corrected chi connectivity index (χ4v) is 1.37. The molecule has 2 rings (SSSR count). The minimum atomic E-state index is -0.940. The lowest BCUT2D eigenvalue weighted by atomic mass is 10.2. The smallest absolute Gasteiger partial charge is 0.328 e. The fraction of sp³-hybridized carbons (Fsp3) is 0.308. The fourth-order valence-electron chi connectivity index (χ4n) is 1.37. The van der Waals surface area contributed by atoms with Crippen LogP contribution in [0.2, 0.25) is 0 Å². The van der Waals surface area contributed by atoms with Gasteiger partial charge in [-0.3, -0.25) is 0 Å². The van der Waals surface area contributed by atoms with Gasteiger partial charge in [-0.25, -0.2) is 4.79 Å². The molecule has 0 radical (unpaired) electrons. The summed E-state index contributed by atoms with van der Waals surface area (Å²) >= 11 is 0. The van der Waals surface area contributed by atoms with Crippen LogP contribution in [0.5, 0.6) is 5.75 Å². The number of carboxylic acids is 1. The Morgan fingerprint density at radius 2 is 2.31 bits per heavy atom. The van der Waals surface area contributed by atoms with Crippen LogP contribution in [0.1, 0.15) is 18.4 Å². The summed E-state index contributed by atoms with van der Waals surface area (Å²) in [5, 5.41) is 8.51. The molecule has 0 amide bonds. The first-order chi connectivity index (χ1) is 7.74. The molecule has 1 aromatic carbocycles. The number of benzene rings is 1. The first-order valence-electron chi connectivity index (χ1n) is 5.38. The van der Waals surface area contributed by atoms with Crippen LogP contribution in [0.4, 0.5) is 0 Å². The Morgan fingerprint density at radius 1 is 1.50 bits per heavy atom. The largest absolute Gasteiger partial charge is 0.493 e. The van der Waals surface area contributed by atoms with Crippen molar-refractivity contribution < 1.29 is 14.6 Å². The zero-order valence-corrected chi connectivity index (χ0v) is 8.93. The number of carbonyl (C=O) groups is 1. The lowest BCUT2D eigenvalue weighted by Crippen LogP contribution is -1.98. The highest BCUT2D eigenvalue weighted by Gasteiger charge is 2.21. The van der Waals surface area contributed by atoms with Gasteiger partial charge in [0, 0.05) is 6.08 Å². The number of hydrogen-bond acceptors (Lipinski definition) is 2. The third-order valence-electron chi connectivity index (χ3n) is 2.46. The predicted octanol–water partition coefficient (Wildman–Crippen LogP) is 2.57. The summed E-state index contributed by atoms with van der Waals surface area (Å²) in [7, 11) is 0. The second-order valence-corrected chi connectivity index (χ2v) is 4.00. The van der Waals surface area contributed by atoms with Crippen LogP contribution in [0.3, 0.4) is 0 Å². The van der Waals surface area contributed by atoms with E-state index in [1.807, 2.05) is 24.3 Å². The van der Waals surface area contributed by atoms with Crippen molar-refractivity contribution in [3.05, 3.63) is 35.9 Å². The maximum absolute atomic E-state index is 10.4. The van der Waals surface area contributed by atoms with Crippen molar-refractivity contribution in [2.24, 2.45) is 5.92 Å². The van der Waals surface area contributed by atoms with E-state index in [1.165, 1.54) is 12.8 Å². The Bertz CT molecular complexity index is 405. The minimum Gasteiger partial charge on any atom is -0.493 e. The SMILES string of the molecule is O=C(O)/C=C/c1cccc(OCC2CC2)c1. The molecule has 1 aliphatic carbocycles. The van der Waals surface area contributed by atoms with Gasteiger partial charge in [0.15, 0.2) is 0 Å². The van der Waals surface area contributed by atoms with Gasteiger partial charge < -0.3 is 9.84 Å². The lowest BCUT2D eigenvalue weighted by Gasteiger charge is -2.05. The van der Waals surface area contributed by atoms with Crippen LogP contribution < -0.4 is 4.74 Å². The van der Waals surface area contributed by atoms with Crippen LogP contribution in [0.25, 0.3) is 6.08 Å². The summed E-state index contributed by atoms with van der Waals surface area (Å²) in [5.74, 6) is 0.585. The molecule has 0 aliphatic heterocycles. The summed E-state index contributed by atoms with van der Waals surface area (Å²) in [6, 6.07) is 7.45. The number of carboxylic acid groups (broad SMARTS) is 1. The number of ether oxygens (including phenoxy) is 1. The highest BCUT2D eigenvalue weighted by Crippen LogP contribution is 2.29.